The molecular weight excluding hydrogens is 192 g/mol. The molecule has 0 spiro atoms. The highest BCUT2D eigenvalue weighted by Gasteiger charge is 2.01. The van der Waals surface area contributed by atoms with Crippen LogP contribution < -0.4 is 21.7 Å². The first-order chi connectivity index (χ1) is 6.56. The summed E-state index contributed by atoms with van der Waals surface area (Å²) in [5.41, 5.74) is 4.77. The monoisotopic (exact) mass is 204 g/mol. The molecule has 0 aliphatic rings. The molecule has 0 aromatic heterocycles. The van der Waals surface area contributed by atoms with Gasteiger partial charge in [0.1, 0.15) is 0 Å². The van der Waals surface area contributed by atoms with Gasteiger partial charge in [-0.15, -0.1) is 0 Å². The second-order valence-electron chi connectivity index (χ2n) is 2.17. The molecule has 0 saturated heterocycles. The van der Waals surface area contributed by atoms with Gasteiger partial charge in [0, 0.05) is 0 Å². The number of primary amides is 1. The van der Waals surface area contributed by atoms with Gasteiger partial charge in [0.05, 0.1) is 20.3 Å². The van der Waals surface area contributed by atoms with E-state index in [-0.39, 0.29) is 13.2 Å². The van der Waals surface area contributed by atoms with E-state index in [0.717, 1.165) is 0 Å². The van der Waals surface area contributed by atoms with E-state index in [4.69, 9.17) is 5.73 Å². The molecule has 0 aliphatic heterocycles. The van der Waals surface area contributed by atoms with Crippen molar-refractivity contribution in [2.24, 2.45) is 5.73 Å². The number of alkyl carbamates (subject to hydrolysis) is 1. The number of urea groups is 1. The van der Waals surface area contributed by atoms with Crippen molar-refractivity contribution in [2.45, 2.75) is 0 Å². The number of carbonyl (C=O) groups is 3. The Morgan fingerprint density at radius 1 is 1.21 bits per heavy atom. The van der Waals surface area contributed by atoms with Crippen LogP contribution in [0, 0.1) is 0 Å². The first-order valence-electron chi connectivity index (χ1n) is 3.68. The molecule has 80 valence electrons. The maximum absolute atomic E-state index is 10.8. The van der Waals surface area contributed by atoms with Crippen molar-refractivity contribution < 1.29 is 19.1 Å². The molecular formula is C6H12N4O4. The highest BCUT2D eigenvalue weighted by atomic mass is 16.5. The minimum atomic E-state index is -0.666. The molecule has 0 saturated carbocycles. The van der Waals surface area contributed by atoms with E-state index < -0.39 is 18.0 Å². The lowest BCUT2D eigenvalue weighted by Gasteiger charge is -2.06. The Kier molecular flexibility index (Phi) is 5.59. The zero-order valence-electron chi connectivity index (χ0n) is 7.62. The summed E-state index contributed by atoms with van der Waals surface area (Å²) in [6.07, 6.45) is -0.666. The van der Waals surface area contributed by atoms with Crippen LogP contribution in [0.1, 0.15) is 0 Å². The zero-order chi connectivity index (χ0) is 11.0. The number of nitrogens with two attached hydrogens (primary N) is 1. The lowest BCUT2D eigenvalue weighted by atomic mass is 10.6. The summed E-state index contributed by atoms with van der Waals surface area (Å²) in [7, 11) is 1.20. The minimum Gasteiger partial charge on any atom is -0.453 e. The van der Waals surface area contributed by atoms with Gasteiger partial charge in [0.2, 0.25) is 5.91 Å². The van der Waals surface area contributed by atoms with Gasteiger partial charge in [0.15, 0.2) is 0 Å². The quantitative estimate of drug-likeness (QED) is 0.399. The summed E-state index contributed by atoms with van der Waals surface area (Å²) < 4.78 is 4.23. The fourth-order valence-electron chi connectivity index (χ4n) is 0.499. The molecule has 0 rings (SSSR count). The number of amides is 4. The van der Waals surface area contributed by atoms with E-state index in [1.807, 2.05) is 0 Å². The van der Waals surface area contributed by atoms with Crippen molar-refractivity contribution >= 4 is 18.0 Å². The van der Waals surface area contributed by atoms with Crippen LogP contribution in [0.15, 0.2) is 0 Å². The number of hydrogen-bond acceptors (Lipinski definition) is 4. The average molecular weight is 204 g/mol. The fraction of sp³-hybridized carbons (Fsp3) is 0.500. The summed E-state index contributed by atoms with van der Waals surface area (Å²) in [5, 5.41) is 6.59. The van der Waals surface area contributed by atoms with Crippen LogP contribution in [0.2, 0.25) is 0 Å². The van der Waals surface area contributed by atoms with Gasteiger partial charge < -0.3 is 26.4 Å². The number of carbonyl (C=O) groups excluding carboxylic acids is 3. The molecule has 4 amide bonds. The van der Waals surface area contributed by atoms with E-state index in [2.05, 4.69) is 20.7 Å². The summed E-state index contributed by atoms with van der Waals surface area (Å²) >= 11 is 0. The third-order valence-corrected chi connectivity index (χ3v) is 1.09. The average Bonchev–Trinajstić information content (AvgIpc) is 2.14. The van der Waals surface area contributed by atoms with Crippen LogP contribution in [0.25, 0.3) is 0 Å². The molecule has 0 bridgehead atoms. The molecule has 0 heterocycles. The molecule has 8 nitrogen and oxygen atoms in total. The van der Waals surface area contributed by atoms with Crippen LogP contribution in [0.5, 0.6) is 0 Å². The first-order valence-corrected chi connectivity index (χ1v) is 3.68. The molecule has 0 aromatic rings. The van der Waals surface area contributed by atoms with Gasteiger partial charge in [-0.2, -0.15) is 0 Å². The minimum absolute atomic E-state index is 0.0999. The Morgan fingerprint density at radius 3 is 2.36 bits per heavy atom. The third-order valence-electron chi connectivity index (χ3n) is 1.09. The maximum Gasteiger partial charge on any atom is 0.408 e. The molecule has 0 atom stereocenters. The molecule has 0 unspecified atom stereocenters. The second-order valence-corrected chi connectivity index (χ2v) is 2.17. The van der Waals surface area contributed by atoms with Crippen molar-refractivity contribution in [1.29, 1.82) is 0 Å². The van der Waals surface area contributed by atoms with Crippen molar-refractivity contribution in [1.82, 2.24) is 16.0 Å². The van der Waals surface area contributed by atoms with E-state index in [1.165, 1.54) is 7.11 Å². The second kappa shape index (κ2) is 6.52. The Bertz CT molecular complexity index is 230. The molecule has 0 aromatic carbocycles. The van der Waals surface area contributed by atoms with Crippen molar-refractivity contribution in [3.63, 3.8) is 0 Å². The predicted octanol–water partition coefficient (Wildman–Crippen LogP) is -1.92. The van der Waals surface area contributed by atoms with Crippen molar-refractivity contribution in [3.8, 4) is 0 Å². The van der Waals surface area contributed by atoms with Gasteiger partial charge in [-0.25, -0.2) is 9.59 Å². The van der Waals surface area contributed by atoms with Crippen molar-refractivity contribution in [2.75, 3.05) is 20.3 Å². The Labute approximate surface area is 80.2 Å². The van der Waals surface area contributed by atoms with Gasteiger partial charge in [-0.3, -0.25) is 4.79 Å². The van der Waals surface area contributed by atoms with E-state index in [0.29, 0.717) is 0 Å². The fourth-order valence-corrected chi connectivity index (χ4v) is 0.499. The largest absolute Gasteiger partial charge is 0.453 e. The van der Waals surface area contributed by atoms with E-state index in [9.17, 15) is 14.4 Å². The maximum atomic E-state index is 10.8. The third kappa shape index (κ3) is 6.70. The number of nitrogens with one attached hydrogen (secondary N) is 3. The van der Waals surface area contributed by atoms with Crippen molar-refractivity contribution in [3.05, 3.63) is 0 Å². The summed E-state index contributed by atoms with van der Waals surface area (Å²) in [5.74, 6) is -0.652. The van der Waals surface area contributed by atoms with Gasteiger partial charge in [-0.1, -0.05) is 0 Å². The molecule has 0 radical (unpaired) electrons. The normalized spacial score (nSPS) is 8.64. The Balaban J connectivity index is 3.45. The SMILES string of the molecule is COC(=O)NCNC(=O)NCC(N)=O. The standard InChI is InChI=1S/C6H12N4O4/c1-14-6(13)10-3-9-5(12)8-2-4(7)11/h2-3H2,1H3,(H2,7,11)(H,10,13)(H2,8,9,12). The summed E-state index contributed by atoms with van der Waals surface area (Å²) in [6, 6.07) is -0.611. The topological polar surface area (TPSA) is 123 Å². The van der Waals surface area contributed by atoms with Gasteiger partial charge >= 0.3 is 12.1 Å². The van der Waals surface area contributed by atoms with E-state index in [1.54, 1.807) is 0 Å². The highest BCUT2D eigenvalue weighted by molar-refractivity contribution is 5.82. The van der Waals surface area contributed by atoms with Crippen LogP contribution in [0.3, 0.4) is 0 Å². The van der Waals surface area contributed by atoms with Crippen LogP contribution in [0.4, 0.5) is 9.59 Å². The smallest absolute Gasteiger partial charge is 0.408 e. The number of methoxy groups -OCH3 is 1. The highest BCUT2D eigenvalue weighted by Crippen LogP contribution is 1.68. The Morgan fingerprint density at radius 2 is 1.86 bits per heavy atom. The molecule has 5 N–H and O–H groups in total. The van der Waals surface area contributed by atoms with Crippen LogP contribution in [-0.2, 0) is 9.53 Å². The van der Waals surface area contributed by atoms with E-state index >= 15 is 0 Å². The molecule has 0 aliphatic carbocycles. The number of ether oxygens (including phenoxy) is 1. The van der Waals surface area contributed by atoms with Crippen LogP contribution >= 0.6 is 0 Å². The summed E-state index contributed by atoms with van der Waals surface area (Å²) in [4.78, 5) is 31.5. The number of rotatable bonds is 4. The summed E-state index contributed by atoms with van der Waals surface area (Å²) in [6.45, 7) is -0.360. The zero-order valence-corrected chi connectivity index (χ0v) is 7.62. The number of hydrogen-bond donors (Lipinski definition) is 4. The lowest BCUT2D eigenvalue weighted by Crippen LogP contribution is -2.44. The predicted molar refractivity (Wildman–Crippen MR) is 46.1 cm³/mol. The van der Waals surface area contributed by atoms with Crippen LogP contribution in [-0.4, -0.2) is 38.4 Å². The van der Waals surface area contributed by atoms with Gasteiger partial charge in [-0.05, 0) is 0 Å². The Hall–Kier alpha value is -1.99. The molecule has 0 fully saturated rings. The molecule has 14 heavy (non-hydrogen) atoms. The lowest BCUT2D eigenvalue weighted by molar-refractivity contribution is -0.117. The first kappa shape index (κ1) is 12.0. The van der Waals surface area contributed by atoms with Gasteiger partial charge in [0.25, 0.3) is 0 Å². The molecule has 8 heteroatoms.